The third kappa shape index (κ3) is 1.42. The highest BCUT2D eigenvalue weighted by Crippen LogP contribution is 2.21. The van der Waals surface area contributed by atoms with Gasteiger partial charge in [-0.05, 0) is 17.5 Å². The first-order valence-corrected chi connectivity index (χ1v) is 4.33. The van der Waals surface area contributed by atoms with Crippen molar-refractivity contribution in [3.63, 3.8) is 0 Å². The van der Waals surface area contributed by atoms with E-state index in [2.05, 4.69) is 4.98 Å². The van der Waals surface area contributed by atoms with Crippen LogP contribution in [0.25, 0.3) is 10.8 Å². The molecule has 0 spiro atoms. The maximum absolute atomic E-state index is 10.8. The maximum Gasteiger partial charge on any atom is 0.337 e. The Morgan fingerprint density at radius 3 is 2.86 bits per heavy atom. The lowest BCUT2D eigenvalue weighted by Gasteiger charge is -2.01. The van der Waals surface area contributed by atoms with Gasteiger partial charge in [0.25, 0.3) is 0 Å². The highest BCUT2D eigenvalue weighted by atomic mass is 35.5. The highest BCUT2D eigenvalue weighted by molar-refractivity contribution is 6.31. The van der Waals surface area contributed by atoms with E-state index in [4.69, 9.17) is 16.7 Å². The topological polar surface area (TPSA) is 50.2 Å². The molecule has 0 bridgehead atoms. The number of benzene rings is 1. The van der Waals surface area contributed by atoms with Gasteiger partial charge in [0, 0.05) is 22.8 Å². The molecule has 0 atom stereocenters. The SMILES string of the molecule is O=C(O)c1cncc2cc(Cl)ccc12. The van der Waals surface area contributed by atoms with Gasteiger partial charge in [0.2, 0.25) is 0 Å². The Labute approximate surface area is 85.0 Å². The van der Waals surface area contributed by atoms with Gasteiger partial charge >= 0.3 is 5.97 Å². The van der Waals surface area contributed by atoms with Crippen molar-refractivity contribution in [2.75, 3.05) is 0 Å². The van der Waals surface area contributed by atoms with E-state index in [1.54, 1.807) is 24.4 Å². The largest absolute Gasteiger partial charge is 0.478 e. The maximum atomic E-state index is 10.8. The molecule has 0 aliphatic rings. The van der Waals surface area contributed by atoms with Gasteiger partial charge in [-0.15, -0.1) is 0 Å². The number of carboxylic acids is 1. The molecule has 4 heteroatoms. The fourth-order valence-electron chi connectivity index (χ4n) is 1.32. The van der Waals surface area contributed by atoms with Crippen LogP contribution < -0.4 is 0 Å². The molecule has 0 saturated heterocycles. The molecule has 0 aliphatic carbocycles. The fourth-order valence-corrected chi connectivity index (χ4v) is 1.50. The van der Waals surface area contributed by atoms with Crippen LogP contribution in [0.2, 0.25) is 5.02 Å². The van der Waals surface area contributed by atoms with Gasteiger partial charge in [-0.2, -0.15) is 0 Å². The van der Waals surface area contributed by atoms with Crippen LogP contribution in [-0.4, -0.2) is 16.1 Å². The molecule has 0 radical (unpaired) electrons. The Balaban J connectivity index is 2.81. The number of carbonyl (C=O) groups is 1. The first-order valence-electron chi connectivity index (χ1n) is 3.95. The summed E-state index contributed by atoms with van der Waals surface area (Å²) in [6.45, 7) is 0. The normalized spacial score (nSPS) is 10.4. The Morgan fingerprint density at radius 2 is 2.14 bits per heavy atom. The second-order valence-corrected chi connectivity index (χ2v) is 3.29. The number of carboxylic acid groups (broad SMARTS) is 1. The van der Waals surface area contributed by atoms with Crippen LogP contribution >= 0.6 is 11.6 Å². The van der Waals surface area contributed by atoms with Gasteiger partial charge in [0.15, 0.2) is 0 Å². The summed E-state index contributed by atoms with van der Waals surface area (Å²) in [6.07, 6.45) is 2.92. The fraction of sp³-hybridized carbons (Fsp3) is 0. The van der Waals surface area contributed by atoms with Gasteiger partial charge in [0.1, 0.15) is 0 Å². The average molecular weight is 208 g/mol. The Kier molecular flexibility index (Phi) is 2.09. The first kappa shape index (κ1) is 8.97. The number of aromatic nitrogens is 1. The number of halogens is 1. The minimum absolute atomic E-state index is 0.194. The lowest BCUT2D eigenvalue weighted by atomic mass is 10.1. The molecule has 2 aromatic rings. The van der Waals surface area contributed by atoms with Gasteiger partial charge in [-0.1, -0.05) is 17.7 Å². The van der Waals surface area contributed by atoms with E-state index in [0.29, 0.717) is 10.4 Å². The quantitative estimate of drug-likeness (QED) is 0.782. The molecule has 0 unspecified atom stereocenters. The smallest absolute Gasteiger partial charge is 0.337 e. The third-order valence-electron chi connectivity index (χ3n) is 1.95. The summed E-state index contributed by atoms with van der Waals surface area (Å²) < 4.78 is 0. The summed E-state index contributed by atoms with van der Waals surface area (Å²) in [5, 5.41) is 10.8. The highest BCUT2D eigenvalue weighted by Gasteiger charge is 2.08. The predicted molar refractivity (Wildman–Crippen MR) is 53.7 cm³/mol. The van der Waals surface area contributed by atoms with E-state index in [9.17, 15) is 4.79 Å². The lowest BCUT2D eigenvalue weighted by Crippen LogP contribution is -1.98. The molecule has 0 amide bonds. The Bertz CT molecular complexity index is 510. The molecule has 1 N–H and O–H groups in total. The van der Waals surface area contributed by atoms with E-state index in [1.165, 1.54) is 6.20 Å². The van der Waals surface area contributed by atoms with Gasteiger partial charge < -0.3 is 5.11 Å². The second kappa shape index (κ2) is 3.27. The Hall–Kier alpha value is -1.61. The van der Waals surface area contributed by atoms with Crippen LogP contribution in [0.5, 0.6) is 0 Å². The van der Waals surface area contributed by atoms with E-state index in [-0.39, 0.29) is 5.56 Å². The minimum atomic E-state index is -0.981. The van der Waals surface area contributed by atoms with Crippen molar-refractivity contribution in [2.45, 2.75) is 0 Å². The molecule has 70 valence electrons. The number of fused-ring (bicyclic) bond motifs is 1. The third-order valence-corrected chi connectivity index (χ3v) is 2.19. The van der Waals surface area contributed by atoms with Crippen LogP contribution in [0.4, 0.5) is 0 Å². The summed E-state index contributed by atoms with van der Waals surface area (Å²) in [7, 11) is 0. The second-order valence-electron chi connectivity index (χ2n) is 2.86. The summed E-state index contributed by atoms with van der Waals surface area (Å²) >= 11 is 5.78. The van der Waals surface area contributed by atoms with Crippen molar-refractivity contribution in [2.24, 2.45) is 0 Å². The number of hydrogen-bond acceptors (Lipinski definition) is 2. The first-order chi connectivity index (χ1) is 6.68. The van der Waals surface area contributed by atoms with Crippen LogP contribution in [-0.2, 0) is 0 Å². The molecule has 3 nitrogen and oxygen atoms in total. The van der Waals surface area contributed by atoms with Crippen molar-refractivity contribution in [1.82, 2.24) is 4.98 Å². The zero-order valence-corrected chi connectivity index (χ0v) is 7.82. The lowest BCUT2D eigenvalue weighted by molar-refractivity contribution is 0.0698. The van der Waals surface area contributed by atoms with Crippen LogP contribution in [0.3, 0.4) is 0 Å². The molecule has 1 aromatic heterocycles. The molecule has 1 aromatic carbocycles. The summed E-state index contributed by atoms with van der Waals surface area (Å²) in [4.78, 5) is 14.7. The number of aromatic carboxylic acids is 1. The predicted octanol–water partition coefficient (Wildman–Crippen LogP) is 2.59. The monoisotopic (exact) mass is 207 g/mol. The average Bonchev–Trinajstić information content (AvgIpc) is 2.16. The summed E-state index contributed by atoms with van der Waals surface area (Å²) in [5.41, 5.74) is 0.194. The van der Waals surface area contributed by atoms with Crippen molar-refractivity contribution < 1.29 is 9.90 Å². The van der Waals surface area contributed by atoms with E-state index >= 15 is 0 Å². The van der Waals surface area contributed by atoms with Crippen molar-refractivity contribution in [3.8, 4) is 0 Å². The number of pyridine rings is 1. The van der Waals surface area contributed by atoms with Gasteiger partial charge in [-0.25, -0.2) is 4.79 Å². The van der Waals surface area contributed by atoms with Crippen LogP contribution in [0, 0.1) is 0 Å². The molecule has 0 saturated carbocycles. The molecule has 1 heterocycles. The van der Waals surface area contributed by atoms with Crippen molar-refractivity contribution in [3.05, 3.63) is 41.2 Å². The van der Waals surface area contributed by atoms with Crippen molar-refractivity contribution >= 4 is 28.3 Å². The van der Waals surface area contributed by atoms with Crippen LogP contribution in [0.15, 0.2) is 30.6 Å². The summed E-state index contributed by atoms with van der Waals surface area (Å²) in [6, 6.07) is 5.04. The standard InChI is InChI=1S/C10H6ClNO2/c11-7-1-2-8-6(3-7)4-12-5-9(8)10(13)14/h1-5H,(H,13,14). The molecule has 0 fully saturated rings. The van der Waals surface area contributed by atoms with E-state index < -0.39 is 5.97 Å². The van der Waals surface area contributed by atoms with Crippen LogP contribution in [0.1, 0.15) is 10.4 Å². The van der Waals surface area contributed by atoms with E-state index in [1.807, 2.05) is 0 Å². The van der Waals surface area contributed by atoms with E-state index in [0.717, 1.165) is 5.39 Å². The molecular formula is C10H6ClNO2. The number of hydrogen-bond donors (Lipinski definition) is 1. The summed E-state index contributed by atoms with van der Waals surface area (Å²) in [5.74, 6) is -0.981. The van der Waals surface area contributed by atoms with Gasteiger partial charge in [0.05, 0.1) is 5.56 Å². The molecule has 14 heavy (non-hydrogen) atoms. The molecular weight excluding hydrogens is 202 g/mol. The Morgan fingerprint density at radius 1 is 1.36 bits per heavy atom. The van der Waals surface area contributed by atoms with Crippen molar-refractivity contribution in [1.29, 1.82) is 0 Å². The number of nitrogens with zero attached hydrogens (tertiary/aromatic N) is 1. The number of rotatable bonds is 1. The molecule has 0 aliphatic heterocycles. The minimum Gasteiger partial charge on any atom is -0.478 e. The molecule has 2 rings (SSSR count). The van der Waals surface area contributed by atoms with Gasteiger partial charge in [-0.3, -0.25) is 4.98 Å². The zero-order chi connectivity index (χ0) is 10.1. The zero-order valence-electron chi connectivity index (χ0n) is 7.07.